The summed E-state index contributed by atoms with van der Waals surface area (Å²) in [5.74, 6) is 1.22. The first-order chi connectivity index (χ1) is 8.76. The number of nitrogens with zero attached hydrogens (tertiary/aromatic N) is 2. The molecule has 1 heterocycles. The lowest BCUT2D eigenvalue weighted by molar-refractivity contribution is 0.532. The van der Waals surface area contributed by atoms with Gasteiger partial charge in [-0.05, 0) is 45.9 Å². The molecule has 3 heteroatoms. The highest BCUT2D eigenvalue weighted by Gasteiger charge is 2.09. The van der Waals surface area contributed by atoms with Crippen molar-refractivity contribution in [3.63, 3.8) is 0 Å². The monoisotopic (exact) mass is 245 g/mol. The average Bonchev–Trinajstić information content (AvgIpc) is 2.75. The molecule has 0 amide bonds. The van der Waals surface area contributed by atoms with Crippen molar-refractivity contribution in [2.45, 2.75) is 45.7 Å². The predicted molar refractivity (Wildman–Crippen MR) is 76.9 cm³/mol. The van der Waals surface area contributed by atoms with Gasteiger partial charge in [0.05, 0.1) is 11.0 Å². The van der Waals surface area contributed by atoms with Crippen molar-refractivity contribution >= 4 is 11.0 Å². The van der Waals surface area contributed by atoms with Gasteiger partial charge in [0.25, 0.3) is 0 Å². The Balaban J connectivity index is 2.12. The number of imidazole rings is 1. The van der Waals surface area contributed by atoms with E-state index in [1.54, 1.807) is 0 Å². The largest absolute Gasteiger partial charge is 0.328 e. The van der Waals surface area contributed by atoms with Gasteiger partial charge in [0.2, 0.25) is 0 Å². The van der Waals surface area contributed by atoms with Gasteiger partial charge in [-0.25, -0.2) is 4.98 Å². The first-order valence-corrected chi connectivity index (χ1v) is 6.87. The van der Waals surface area contributed by atoms with E-state index in [1.807, 2.05) is 7.05 Å². The topological polar surface area (TPSA) is 29.9 Å². The van der Waals surface area contributed by atoms with Gasteiger partial charge >= 0.3 is 0 Å². The SMILES string of the molecule is CCn1c(CCCC(C)NC)nc2ccccc21. The smallest absolute Gasteiger partial charge is 0.109 e. The summed E-state index contributed by atoms with van der Waals surface area (Å²) in [4.78, 5) is 4.75. The van der Waals surface area contributed by atoms with Crippen LogP contribution in [0.4, 0.5) is 0 Å². The molecule has 0 aliphatic heterocycles. The van der Waals surface area contributed by atoms with E-state index >= 15 is 0 Å². The first-order valence-electron chi connectivity index (χ1n) is 6.87. The molecule has 0 aliphatic carbocycles. The molecule has 2 aromatic rings. The molecule has 1 aromatic carbocycles. The number of benzene rings is 1. The lowest BCUT2D eigenvalue weighted by Crippen LogP contribution is -2.21. The van der Waals surface area contributed by atoms with Crippen LogP contribution in [0.25, 0.3) is 11.0 Å². The van der Waals surface area contributed by atoms with E-state index in [0.29, 0.717) is 6.04 Å². The maximum Gasteiger partial charge on any atom is 0.109 e. The molecular weight excluding hydrogens is 222 g/mol. The van der Waals surface area contributed by atoms with E-state index in [1.165, 1.54) is 24.2 Å². The fourth-order valence-corrected chi connectivity index (χ4v) is 2.38. The third-order valence-electron chi connectivity index (χ3n) is 3.58. The normalized spacial score (nSPS) is 13.1. The van der Waals surface area contributed by atoms with Gasteiger partial charge in [0.15, 0.2) is 0 Å². The number of fused-ring (bicyclic) bond motifs is 1. The molecule has 1 unspecified atom stereocenters. The zero-order chi connectivity index (χ0) is 13.0. The van der Waals surface area contributed by atoms with Crippen LogP contribution < -0.4 is 5.32 Å². The Kier molecular flexibility index (Phi) is 4.37. The Bertz CT molecular complexity index is 501. The summed E-state index contributed by atoms with van der Waals surface area (Å²) in [7, 11) is 2.02. The molecule has 2 rings (SSSR count). The van der Waals surface area contributed by atoms with Gasteiger partial charge in [-0.2, -0.15) is 0 Å². The first kappa shape index (κ1) is 13.1. The molecule has 0 radical (unpaired) electrons. The molecule has 0 aliphatic rings. The number of hydrogen-bond acceptors (Lipinski definition) is 2. The highest BCUT2D eigenvalue weighted by molar-refractivity contribution is 5.75. The average molecular weight is 245 g/mol. The Morgan fingerprint density at radius 1 is 1.33 bits per heavy atom. The molecule has 98 valence electrons. The van der Waals surface area contributed by atoms with Gasteiger partial charge in [-0.3, -0.25) is 0 Å². The van der Waals surface area contributed by atoms with Crippen LogP contribution in [0.15, 0.2) is 24.3 Å². The number of para-hydroxylation sites is 2. The summed E-state index contributed by atoms with van der Waals surface area (Å²) in [6, 6.07) is 8.99. The quantitative estimate of drug-likeness (QED) is 0.848. The Morgan fingerprint density at radius 3 is 2.83 bits per heavy atom. The summed E-state index contributed by atoms with van der Waals surface area (Å²) in [5, 5.41) is 3.28. The van der Waals surface area contributed by atoms with Crippen molar-refractivity contribution in [1.82, 2.24) is 14.9 Å². The van der Waals surface area contributed by atoms with Crippen molar-refractivity contribution < 1.29 is 0 Å². The van der Waals surface area contributed by atoms with Crippen LogP contribution in [0.5, 0.6) is 0 Å². The van der Waals surface area contributed by atoms with Gasteiger partial charge in [0.1, 0.15) is 5.82 Å². The summed E-state index contributed by atoms with van der Waals surface area (Å²) in [6.45, 7) is 5.41. The maximum absolute atomic E-state index is 4.75. The maximum atomic E-state index is 4.75. The van der Waals surface area contributed by atoms with E-state index in [0.717, 1.165) is 18.5 Å². The minimum Gasteiger partial charge on any atom is -0.328 e. The standard InChI is InChI=1S/C15H23N3/c1-4-18-14-10-6-5-9-13(14)17-15(18)11-7-8-12(2)16-3/h5-6,9-10,12,16H,4,7-8,11H2,1-3H3. The fraction of sp³-hybridized carbons (Fsp3) is 0.533. The van der Waals surface area contributed by atoms with Crippen LogP contribution in [0.1, 0.15) is 32.5 Å². The summed E-state index contributed by atoms with van der Waals surface area (Å²) in [5.41, 5.74) is 2.38. The highest BCUT2D eigenvalue weighted by Crippen LogP contribution is 2.17. The zero-order valence-electron chi connectivity index (χ0n) is 11.6. The van der Waals surface area contributed by atoms with E-state index < -0.39 is 0 Å². The number of nitrogens with one attached hydrogen (secondary N) is 1. The minimum atomic E-state index is 0.587. The van der Waals surface area contributed by atoms with Crippen molar-refractivity contribution in [3.8, 4) is 0 Å². The van der Waals surface area contributed by atoms with Gasteiger partial charge in [-0.15, -0.1) is 0 Å². The highest BCUT2D eigenvalue weighted by atomic mass is 15.1. The Hall–Kier alpha value is -1.35. The summed E-state index contributed by atoms with van der Waals surface area (Å²) >= 11 is 0. The molecule has 0 bridgehead atoms. The Morgan fingerprint density at radius 2 is 2.11 bits per heavy atom. The van der Waals surface area contributed by atoms with E-state index in [2.05, 4.69) is 48.0 Å². The number of aryl methyl sites for hydroxylation is 2. The molecule has 1 aromatic heterocycles. The van der Waals surface area contributed by atoms with Gasteiger partial charge in [0, 0.05) is 19.0 Å². The molecule has 1 N–H and O–H groups in total. The van der Waals surface area contributed by atoms with Crippen molar-refractivity contribution in [3.05, 3.63) is 30.1 Å². The summed E-state index contributed by atoms with van der Waals surface area (Å²) in [6.07, 6.45) is 3.45. The predicted octanol–water partition coefficient (Wildman–Crippen LogP) is 2.99. The molecular formula is C15H23N3. The zero-order valence-corrected chi connectivity index (χ0v) is 11.6. The van der Waals surface area contributed by atoms with Crippen LogP contribution in [0, 0.1) is 0 Å². The molecule has 0 saturated heterocycles. The van der Waals surface area contributed by atoms with Crippen LogP contribution in [-0.2, 0) is 13.0 Å². The van der Waals surface area contributed by atoms with Crippen LogP contribution >= 0.6 is 0 Å². The van der Waals surface area contributed by atoms with Crippen LogP contribution in [-0.4, -0.2) is 22.6 Å². The van der Waals surface area contributed by atoms with Crippen LogP contribution in [0.3, 0.4) is 0 Å². The molecule has 1 atom stereocenters. The molecule has 0 saturated carbocycles. The van der Waals surface area contributed by atoms with E-state index in [-0.39, 0.29) is 0 Å². The van der Waals surface area contributed by atoms with Gasteiger partial charge < -0.3 is 9.88 Å². The minimum absolute atomic E-state index is 0.587. The molecule has 0 spiro atoms. The summed E-state index contributed by atoms with van der Waals surface area (Å²) < 4.78 is 2.33. The van der Waals surface area contributed by atoms with E-state index in [4.69, 9.17) is 4.98 Å². The van der Waals surface area contributed by atoms with Gasteiger partial charge in [-0.1, -0.05) is 12.1 Å². The Labute approximate surface area is 109 Å². The van der Waals surface area contributed by atoms with Crippen LogP contribution in [0.2, 0.25) is 0 Å². The second-order valence-electron chi connectivity index (χ2n) is 4.84. The number of rotatable bonds is 6. The van der Waals surface area contributed by atoms with Crippen molar-refractivity contribution in [2.75, 3.05) is 7.05 Å². The van der Waals surface area contributed by atoms with E-state index in [9.17, 15) is 0 Å². The second kappa shape index (κ2) is 6.01. The molecule has 0 fully saturated rings. The van der Waals surface area contributed by atoms with Crippen molar-refractivity contribution in [1.29, 1.82) is 0 Å². The fourth-order valence-electron chi connectivity index (χ4n) is 2.38. The molecule has 3 nitrogen and oxygen atoms in total. The van der Waals surface area contributed by atoms with Crippen molar-refractivity contribution in [2.24, 2.45) is 0 Å². The third kappa shape index (κ3) is 2.72. The lowest BCUT2D eigenvalue weighted by Gasteiger charge is -2.10. The lowest BCUT2D eigenvalue weighted by atomic mass is 10.1. The number of aromatic nitrogens is 2. The third-order valence-corrected chi connectivity index (χ3v) is 3.58. The molecule has 18 heavy (non-hydrogen) atoms. The number of hydrogen-bond donors (Lipinski definition) is 1. The second-order valence-corrected chi connectivity index (χ2v) is 4.84.